The largest absolute Gasteiger partial charge is 0.481 e. The standard InChI is InChI=1S/C34H35N5O3/c1-34(2,21-30(40)41)26-10-7-23(8-11-26)32-31(37-33-29(13-14-35-39(32)33)38-15-17-42-18-16-38)25-19-24(20-25)28-12-9-22-5-3-4-6-27(22)36-28/h3-14,24-25H,15-21H2,1-2H3,(H,40,41). The molecule has 0 unspecified atom stereocenters. The van der Waals surface area contributed by atoms with Crippen LogP contribution >= 0.6 is 0 Å². The van der Waals surface area contributed by atoms with Crippen LogP contribution in [0.4, 0.5) is 5.69 Å². The summed E-state index contributed by atoms with van der Waals surface area (Å²) in [5.74, 6) is -0.114. The summed E-state index contributed by atoms with van der Waals surface area (Å²) < 4.78 is 7.61. The molecule has 42 heavy (non-hydrogen) atoms. The molecule has 5 aromatic rings. The second kappa shape index (κ2) is 10.5. The van der Waals surface area contributed by atoms with Crippen molar-refractivity contribution in [1.29, 1.82) is 0 Å². The first-order valence-corrected chi connectivity index (χ1v) is 14.8. The summed E-state index contributed by atoms with van der Waals surface area (Å²) in [5.41, 5.74) is 7.77. The van der Waals surface area contributed by atoms with E-state index in [-0.39, 0.29) is 6.42 Å². The Morgan fingerprint density at radius 2 is 1.71 bits per heavy atom. The van der Waals surface area contributed by atoms with Crippen LogP contribution in [0.25, 0.3) is 27.8 Å². The SMILES string of the molecule is CC(C)(CC(=O)O)c1ccc(-c2c(C3CC(c4ccc5ccccc5n4)C3)nc3c(N4CCOCC4)ccnn23)cc1. The monoisotopic (exact) mass is 561 g/mol. The zero-order valence-corrected chi connectivity index (χ0v) is 24.0. The number of aromatic nitrogens is 4. The third-order valence-electron chi connectivity index (χ3n) is 8.97. The Bertz CT molecular complexity index is 1770. The lowest BCUT2D eigenvalue weighted by molar-refractivity contribution is -0.138. The van der Waals surface area contributed by atoms with Crippen molar-refractivity contribution in [2.75, 3.05) is 31.2 Å². The van der Waals surface area contributed by atoms with Crippen LogP contribution in [0.1, 0.15) is 61.9 Å². The van der Waals surface area contributed by atoms with E-state index in [1.54, 1.807) is 0 Å². The lowest BCUT2D eigenvalue weighted by Crippen LogP contribution is -2.36. The molecule has 2 fully saturated rings. The summed E-state index contributed by atoms with van der Waals surface area (Å²) in [4.78, 5) is 24.1. The first kappa shape index (κ1) is 26.6. The Hall–Kier alpha value is -4.30. The van der Waals surface area contributed by atoms with Gasteiger partial charge >= 0.3 is 5.97 Å². The number of hydrogen-bond donors (Lipinski definition) is 1. The van der Waals surface area contributed by atoms with Gasteiger partial charge in [0.2, 0.25) is 0 Å². The number of aliphatic carboxylic acids is 1. The number of anilines is 1. The topological polar surface area (TPSA) is 92.8 Å². The maximum Gasteiger partial charge on any atom is 0.304 e. The van der Waals surface area contributed by atoms with E-state index >= 15 is 0 Å². The van der Waals surface area contributed by atoms with Gasteiger partial charge in [-0.2, -0.15) is 5.10 Å². The summed E-state index contributed by atoms with van der Waals surface area (Å²) in [6.45, 7) is 6.99. The predicted molar refractivity (Wildman–Crippen MR) is 163 cm³/mol. The van der Waals surface area contributed by atoms with Gasteiger partial charge in [-0.1, -0.05) is 62.4 Å². The van der Waals surface area contributed by atoms with Crippen LogP contribution in [0.3, 0.4) is 0 Å². The number of carboxylic acids is 1. The van der Waals surface area contributed by atoms with Crippen molar-refractivity contribution in [1.82, 2.24) is 19.6 Å². The minimum Gasteiger partial charge on any atom is -0.481 e. The molecular weight excluding hydrogens is 526 g/mol. The molecule has 1 saturated heterocycles. The zero-order valence-electron chi connectivity index (χ0n) is 24.0. The Labute approximate surface area is 245 Å². The lowest BCUT2D eigenvalue weighted by Gasteiger charge is -2.34. The molecule has 1 saturated carbocycles. The number of nitrogens with zero attached hydrogens (tertiary/aromatic N) is 5. The quantitative estimate of drug-likeness (QED) is 0.253. The molecular formula is C34H35N5O3. The van der Waals surface area contributed by atoms with Gasteiger partial charge in [0.15, 0.2) is 5.65 Å². The number of carboxylic acid groups (broad SMARTS) is 1. The molecule has 7 rings (SSSR count). The molecule has 214 valence electrons. The van der Waals surface area contributed by atoms with Gasteiger partial charge in [-0.15, -0.1) is 0 Å². The number of pyridine rings is 1. The van der Waals surface area contributed by atoms with E-state index in [2.05, 4.69) is 59.5 Å². The number of fused-ring (bicyclic) bond motifs is 2. The molecule has 0 spiro atoms. The van der Waals surface area contributed by atoms with E-state index in [4.69, 9.17) is 19.8 Å². The minimum atomic E-state index is -0.798. The molecule has 4 heterocycles. The maximum atomic E-state index is 11.5. The van der Waals surface area contributed by atoms with Crippen molar-refractivity contribution >= 4 is 28.2 Å². The summed E-state index contributed by atoms with van der Waals surface area (Å²) in [6.07, 6.45) is 3.90. The molecule has 1 aliphatic carbocycles. The van der Waals surface area contributed by atoms with Crippen LogP contribution in [0.15, 0.2) is 72.9 Å². The van der Waals surface area contributed by atoms with Crippen molar-refractivity contribution in [2.45, 2.75) is 50.4 Å². The van der Waals surface area contributed by atoms with E-state index in [1.165, 1.54) is 0 Å². The third kappa shape index (κ3) is 4.79. The van der Waals surface area contributed by atoms with E-state index < -0.39 is 11.4 Å². The van der Waals surface area contributed by atoms with Gasteiger partial charge in [-0.3, -0.25) is 9.78 Å². The van der Waals surface area contributed by atoms with E-state index in [9.17, 15) is 9.90 Å². The first-order valence-electron chi connectivity index (χ1n) is 14.8. The average Bonchev–Trinajstić information content (AvgIpc) is 3.35. The Kier molecular flexibility index (Phi) is 6.66. The normalized spacial score (nSPS) is 19.2. The summed E-state index contributed by atoms with van der Waals surface area (Å²) in [6, 6.07) is 23.0. The van der Waals surface area contributed by atoms with Gasteiger partial charge in [0.1, 0.15) is 0 Å². The fourth-order valence-corrected chi connectivity index (χ4v) is 6.51. The van der Waals surface area contributed by atoms with Gasteiger partial charge in [0.25, 0.3) is 0 Å². The highest BCUT2D eigenvalue weighted by Gasteiger charge is 2.37. The first-order chi connectivity index (χ1) is 20.4. The highest BCUT2D eigenvalue weighted by Crippen LogP contribution is 2.49. The van der Waals surface area contributed by atoms with Gasteiger partial charge in [0, 0.05) is 47.0 Å². The number of morpholine rings is 1. The molecule has 1 aliphatic heterocycles. The van der Waals surface area contributed by atoms with Gasteiger partial charge in [-0.25, -0.2) is 9.50 Å². The highest BCUT2D eigenvalue weighted by atomic mass is 16.5. The number of para-hydroxylation sites is 1. The summed E-state index contributed by atoms with van der Waals surface area (Å²) >= 11 is 0. The summed E-state index contributed by atoms with van der Waals surface area (Å²) in [5, 5.41) is 15.4. The van der Waals surface area contributed by atoms with Crippen molar-refractivity contribution in [2.24, 2.45) is 0 Å². The van der Waals surface area contributed by atoms with Crippen LogP contribution in [-0.4, -0.2) is 57.0 Å². The Morgan fingerprint density at radius 1 is 0.952 bits per heavy atom. The zero-order chi connectivity index (χ0) is 28.8. The minimum absolute atomic E-state index is 0.0734. The van der Waals surface area contributed by atoms with Crippen LogP contribution < -0.4 is 4.90 Å². The van der Waals surface area contributed by atoms with Gasteiger partial charge in [-0.05, 0) is 36.6 Å². The highest BCUT2D eigenvalue weighted by molar-refractivity contribution is 5.79. The van der Waals surface area contributed by atoms with Gasteiger partial charge < -0.3 is 14.7 Å². The Balaban J connectivity index is 1.26. The number of ether oxygens (including phenoxy) is 1. The number of hydrogen-bond acceptors (Lipinski definition) is 6. The van der Waals surface area contributed by atoms with Crippen molar-refractivity contribution in [3.63, 3.8) is 0 Å². The molecule has 2 aromatic carbocycles. The molecule has 0 atom stereocenters. The number of rotatable bonds is 7. The van der Waals surface area contributed by atoms with Crippen molar-refractivity contribution in [3.05, 3.63) is 89.9 Å². The summed E-state index contributed by atoms with van der Waals surface area (Å²) in [7, 11) is 0. The van der Waals surface area contributed by atoms with Crippen LogP contribution in [0, 0.1) is 0 Å². The van der Waals surface area contributed by atoms with E-state index in [1.807, 2.05) is 36.7 Å². The molecule has 0 radical (unpaired) electrons. The fraction of sp³-hybridized carbons (Fsp3) is 0.353. The van der Waals surface area contributed by atoms with Gasteiger partial charge in [0.05, 0.1) is 48.4 Å². The fourth-order valence-electron chi connectivity index (χ4n) is 6.51. The molecule has 2 aliphatic rings. The molecule has 8 nitrogen and oxygen atoms in total. The maximum absolute atomic E-state index is 11.5. The number of benzene rings is 2. The smallest absolute Gasteiger partial charge is 0.304 e. The van der Waals surface area contributed by atoms with E-state index in [0.717, 1.165) is 76.4 Å². The van der Waals surface area contributed by atoms with Crippen LogP contribution in [0.5, 0.6) is 0 Å². The predicted octanol–water partition coefficient (Wildman–Crippen LogP) is 6.19. The Morgan fingerprint density at radius 3 is 2.48 bits per heavy atom. The van der Waals surface area contributed by atoms with E-state index in [0.29, 0.717) is 25.0 Å². The second-order valence-corrected chi connectivity index (χ2v) is 12.2. The molecule has 0 amide bonds. The molecule has 8 heteroatoms. The number of imidazole rings is 1. The van der Waals surface area contributed by atoms with Crippen molar-refractivity contribution in [3.8, 4) is 11.3 Å². The molecule has 0 bridgehead atoms. The second-order valence-electron chi connectivity index (χ2n) is 12.2. The lowest BCUT2D eigenvalue weighted by atomic mass is 9.70. The average molecular weight is 562 g/mol. The van der Waals surface area contributed by atoms with Crippen molar-refractivity contribution < 1.29 is 14.6 Å². The molecule has 3 aromatic heterocycles. The number of carbonyl (C=O) groups is 1. The molecule has 1 N–H and O–H groups in total. The third-order valence-corrected chi connectivity index (χ3v) is 8.97. The van der Waals surface area contributed by atoms with Crippen LogP contribution in [-0.2, 0) is 14.9 Å². The van der Waals surface area contributed by atoms with Crippen LogP contribution in [0.2, 0.25) is 0 Å².